The Morgan fingerprint density at radius 1 is 1.29 bits per heavy atom. The largest absolute Gasteiger partial charge is 0.242 e. The van der Waals surface area contributed by atoms with Crippen molar-refractivity contribution in [3.63, 3.8) is 0 Å². The monoisotopic (exact) mass is 309 g/mol. The van der Waals surface area contributed by atoms with E-state index in [0.717, 1.165) is 11.3 Å². The Hall–Kier alpha value is -1.53. The average Bonchev–Trinajstić information content (AvgIpc) is 2.88. The van der Waals surface area contributed by atoms with Crippen molar-refractivity contribution in [2.75, 3.05) is 0 Å². The molecule has 1 aromatic heterocycles. The second kappa shape index (κ2) is 6.07. The first-order valence-electron chi connectivity index (χ1n) is 6.76. The van der Waals surface area contributed by atoms with Gasteiger partial charge in [-0.05, 0) is 52.0 Å². The number of benzene rings is 1. The number of nitrogens with zero attached hydrogens (tertiary/aromatic N) is 2. The molecule has 0 fully saturated rings. The Morgan fingerprint density at radius 3 is 2.48 bits per heavy atom. The van der Waals surface area contributed by atoms with Gasteiger partial charge in [-0.15, -0.1) is 0 Å². The molecule has 2 atom stereocenters. The topological polar surface area (TPSA) is 46.9 Å². The van der Waals surface area contributed by atoms with Gasteiger partial charge in [-0.25, -0.2) is 18.0 Å². The van der Waals surface area contributed by atoms with Gasteiger partial charge >= 0.3 is 0 Å². The van der Waals surface area contributed by atoms with Gasteiger partial charge in [-0.2, -0.15) is 5.10 Å². The lowest BCUT2D eigenvalue weighted by molar-refractivity contribution is 0.616. The standard InChI is InChI=1S/C15H20FN3OS/c1-11(18-21(20)15(2,3)4)12-9-17-19(10-12)14-7-5-13(16)6-8-14/h5-11,18H,1-4H3/t11-,21-/m0/s1. The molecule has 1 heterocycles. The summed E-state index contributed by atoms with van der Waals surface area (Å²) in [4.78, 5) is 0. The molecule has 2 rings (SSSR count). The van der Waals surface area contributed by atoms with Gasteiger partial charge in [0.2, 0.25) is 0 Å². The summed E-state index contributed by atoms with van der Waals surface area (Å²) in [5.41, 5.74) is 1.71. The summed E-state index contributed by atoms with van der Waals surface area (Å²) in [6.45, 7) is 7.70. The molecule has 0 saturated carbocycles. The number of aromatic nitrogens is 2. The Morgan fingerprint density at radius 2 is 1.90 bits per heavy atom. The number of nitrogens with one attached hydrogen (secondary N) is 1. The first-order valence-corrected chi connectivity index (χ1v) is 7.91. The van der Waals surface area contributed by atoms with Gasteiger partial charge in [-0.3, -0.25) is 0 Å². The van der Waals surface area contributed by atoms with Gasteiger partial charge in [0, 0.05) is 17.8 Å². The molecule has 0 spiro atoms. The molecule has 0 aliphatic rings. The maximum absolute atomic E-state index is 12.9. The fraction of sp³-hybridized carbons (Fsp3) is 0.400. The molecule has 6 heteroatoms. The lowest BCUT2D eigenvalue weighted by Crippen LogP contribution is -2.34. The van der Waals surface area contributed by atoms with Crippen LogP contribution >= 0.6 is 0 Å². The molecule has 0 radical (unpaired) electrons. The highest BCUT2D eigenvalue weighted by atomic mass is 32.2. The summed E-state index contributed by atoms with van der Waals surface area (Å²) in [5.74, 6) is -0.276. The molecule has 1 N–H and O–H groups in total. The molecule has 1 aromatic carbocycles. The van der Waals surface area contributed by atoms with E-state index >= 15 is 0 Å². The highest BCUT2D eigenvalue weighted by Gasteiger charge is 2.22. The molecule has 0 aliphatic carbocycles. The molecule has 21 heavy (non-hydrogen) atoms. The predicted molar refractivity (Wildman–Crippen MR) is 83.0 cm³/mol. The van der Waals surface area contributed by atoms with Crippen molar-refractivity contribution in [1.82, 2.24) is 14.5 Å². The molecule has 0 unspecified atom stereocenters. The number of rotatable bonds is 4. The van der Waals surface area contributed by atoms with E-state index in [-0.39, 0.29) is 16.6 Å². The van der Waals surface area contributed by atoms with Crippen molar-refractivity contribution >= 4 is 11.0 Å². The molecule has 0 saturated heterocycles. The summed E-state index contributed by atoms with van der Waals surface area (Å²) >= 11 is 0. The molecule has 4 nitrogen and oxygen atoms in total. The Balaban J connectivity index is 2.12. The van der Waals surface area contributed by atoms with E-state index in [2.05, 4.69) is 9.82 Å². The van der Waals surface area contributed by atoms with E-state index in [0.29, 0.717) is 0 Å². The zero-order valence-corrected chi connectivity index (χ0v) is 13.4. The normalized spacial score (nSPS) is 14.9. The van der Waals surface area contributed by atoms with Crippen LogP contribution in [-0.2, 0) is 11.0 Å². The maximum Gasteiger partial charge on any atom is 0.123 e. The van der Waals surface area contributed by atoms with Crippen LogP contribution in [0.5, 0.6) is 0 Å². The summed E-state index contributed by atoms with van der Waals surface area (Å²) in [5, 5.41) is 4.26. The first kappa shape index (κ1) is 15.9. The minimum Gasteiger partial charge on any atom is -0.242 e. The molecule has 0 bridgehead atoms. The summed E-state index contributed by atoms with van der Waals surface area (Å²) in [6, 6.07) is 6.04. The van der Waals surface area contributed by atoms with Crippen molar-refractivity contribution in [3.05, 3.63) is 48.0 Å². The summed E-state index contributed by atoms with van der Waals surface area (Å²) < 4.78 is 29.4. The van der Waals surface area contributed by atoms with Crippen molar-refractivity contribution in [1.29, 1.82) is 0 Å². The molecular formula is C15H20FN3OS. The van der Waals surface area contributed by atoms with Crippen LogP contribution in [-0.4, -0.2) is 18.7 Å². The maximum atomic E-state index is 12.9. The second-order valence-corrected chi connectivity index (χ2v) is 7.91. The Kier molecular flexibility index (Phi) is 4.58. The minimum absolute atomic E-state index is 0.0840. The van der Waals surface area contributed by atoms with Crippen LogP contribution in [0.3, 0.4) is 0 Å². The smallest absolute Gasteiger partial charge is 0.123 e. The van der Waals surface area contributed by atoms with Crippen molar-refractivity contribution in [2.24, 2.45) is 0 Å². The zero-order chi connectivity index (χ0) is 15.6. The van der Waals surface area contributed by atoms with E-state index in [1.807, 2.05) is 33.9 Å². The van der Waals surface area contributed by atoms with Crippen LogP contribution in [0.25, 0.3) is 5.69 Å². The van der Waals surface area contributed by atoms with E-state index in [9.17, 15) is 8.60 Å². The van der Waals surface area contributed by atoms with Gasteiger partial charge in [0.05, 0.1) is 27.6 Å². The molecular weight excluding hydrogens is 289 g/mol. The SMILES string of the molecule is C[C@H](N[S@@](=O)C(C)(C)C)c1cnn(-c2ccc(F)cc2)c1. The van der Waals surface area contributed by atoms with Crippen LogP contribution in [0.4, 0.5) is 4.39 Å². The van der Waals surface area contributed by atoms with E-state index < -0.39 is 11.0 Å². The Bertz CT molecular complexity index is 631. The van der Waals surface area contributed by atoms with Gasteiger partial charge in [0.15, 0.2) is 0 Å². The fourth-order valence-electron chi connectivity index (χ4n) is 1.70. The molecule has 0 aliphatic heterocycles. The first-order chi connectivity index (χ1) is 9.77. The Labute approximate surface area is 127 Å². The summed E-state index contributed by atoms with van der Waals surface area (Å²) in [6.07, 6.45) is 3.58. The molecule has 2 aromatic rings. The van der Waals surface area contributed by atoms with Gasteiger partial charge < -0.3 is 0 Å². The molecule has 114 valence electrons. The zero-order valence-electron chi connectivity index (χ0n) is 12.6. The van der Waals surface area contributed by atoms with Crippen LogP contribution < -0.4 is 4.72 Å². The third-order valence-electron chi connectivity index (χ3n) is 3.03. The van der Waals surface area contributed by atoms with Crippen LogP contribution in [0, 0.1) is 5.82 Å². The third-order valence-corrected chi connectivity index (χ3v) is 4.71. The highest BCUT2D eigenvalue weighted by molar-refractivity contribution is 7.84. The van der Waals surface area contributed by atoms with Crippen LogP contribution in [0.1, 0.15) is 39.3 Å². The fourth-order valence-corrected chi connectivity index (χ4v) is 2.51. The number of hydrogen-bond donors (Lipinski definition) is 1. The molecule has 0 amide bonds. The van der Waals surface area contributed by atoms with E-state index in [1.54, 1.807) is 23.0 Å². The quantitative estimate of drug-likeness (QED) is 0.943. The summed E-state index contributed by atoms with van der Waals surface area (Å²) in [7, 11) is -1.14. The second-order valence-electron chi connectivity index (χ2n) is 5.92. The van der Waals surface area contributed by atoms with Crippen molar-refractivity contribution < 1.29 is 8.60 Å². The lowest BCUT2D eigenvalue weighted by Gasteiger charge is -2.21. The predicted octanol–water partition coefficient (Wildman–Crippen LogP) is 3.12. The van der Waals surface area contributed by atoms with Gasteiger partial charge in [0.25, 0.3) is 0 Å². The van der Waals surface area contributed by atoms with Gasteiger partial charge in [0.1, 0.15) is 5.82 Å². The van der Waals surface area contributed by atoms with Gasteiger partial charge in [-0.1, -0.05) is 0 Å². The highest BCUT2D eigenvalue weighted by Crippen LogP contribution is 2.18. The van der Waals surface area contributed by atoms with Crippen LogP contribution in [0.2, 0.25) is 0 Å². The van der Waals surface area contributed by atoms with E-state index in [4.69, 9.17) is 0 Å². The van der Waals surface area contributed by atoms with E-state index in [1.165, 1.54) is 12.1 Å². The number of halogens is 1. The third kappa shape index (κ3) is 3.98. The number of hydrogen-bond acceptors (Lipinski definition) is 2. The minimum atomic E-state index is -1.14. The average molecular weight is 309 g/mol. The lowest BCUT2D eigenvalue weighted by atomic mass is 10.2. The van der Waals surface area contributed by atoms with Crippen LogP contribution in [0.15, 0.2) is 36.7 Å². The van der Waals surface area contributed by atoms with Crippen molar-refractivity contribution in [2.45, 2.75) is 38.5 Å². The van der Waals surface area contributed by atoms with Crippen molar-refractivity contribution in [3.8, 4) is 5.69 Å².